The molecule has 4 N–H and O–H groups in total. The summed E-state index contributed by atoms with van der Waals surface area (Å²) in [6, 6.07) is 15.6. The van der Waals surface area contributed by atoms with Crippen molar-refractivity contribution >= 4 is 82.9 Å². The molecule has 29 heteroatoms. The third-order valence-corrected chi connectivity index (χ3v) is 19.1. The van der Waals surface area contributed by atoms with E-state index in [9.17, 15) is 62.7 Å². The zero-order valence-corrected chi connectivity index (χ0v) is 56.3. The van der Waals surface area contributed by atoms with Crippen LogP contribution in [0.1, 0.15) is 93.1 Å². The molecule has 0 spiro atoms. The highest BCUT2D eigenvalue weighted by Gasteiger charge is 2.44. The second-order valence-corrected chi connectivity index (χ2v) is 26.6. The maximum Gasteiger partial charge on any atom is 0.317 e. The lowest BCUT2D eigenvalue weighted by atomic mass is 10.1. The summed E-state index contributed by atoms with van der Waals surface area (Å²) in [4.78, 5) is 147. The Balaban J connectivity index is 0.863. The molecule has 5 heterocycles. The Morgan fingerprint density at radius 1 is 0.812 bits per heavy atom. The summed E-state index contributed by atoms with van der Waals surface area (Å²) >= 11 is 1.28. The normalized spacial score (nSPS) is 20.3. The van der Waals surface area contributed by atoms with E-state index in [1.165, 1.54) is 40.9 Å². The second-order valence-electron chi connectivity index (χ2n) is 25.4. The number of carboxylic acids is 1. The summed E-state index contributed by atoms with van der Waals surface area (Å²) in [6.45, 7) is 11.5. The van der Waals surface area contributed by atoms with E-state index in [1.54, 1.807) is 41.0 Å². The maximum absolute atomic E-state index is 14.6. The van der Waals surface area contributed by atoms with Gasteiger partial charge in [0.2, 0.25) is 35.4 Å². The number of imide groups is 1. The number of amides is 7. The van der Waals surface area contributed by atoms with Crippen LogP contribution in [-0.4, -0.2) is 283 Å². The first-order valence-corrected chi connectivity index (χ1v) is 34.2. The summed E-state index contributed by atoms with van der Waals surface area (Å²) < 4.78 is 30.8. The van der Waals surface area contributed by atoms with Gasteiger partial charge in [-0.15, -0.1) is 11.8 Å². The standard InChI is InChI=1S/C67H94FN13O14S/c1-49-12-14-51(15-13-49)9-8-11-59(84)71-19-5-4-10-52(73-60(85)41-75-22-23-76(42-63(88)89)25-27-78(46-94-48-83)29-28-77(26-24-75)45-93-47-82)43-96-58-36-61(86)80(66(58)92)40-50(2)65(91)79-32-30-74(31-33-79)21-6-7-34-95-54-16-17-57-56(35-54)55(18-20-70-57)64(90)72-39-62(87)81-44-67(3,68)37-53(81)38-69/h12-18,20,35,47-48,50,52-53,58H,4-11,19,21-34,36-37,39-46H2,1-3H3,(H,71,84)(H,72,90)(H,73,85)(H,88,89)/t50?,52?,53-,58?,67?/m1/s1. The van der Waals surface area contributed by atoms with Crippen LogP contribution in [0.4, 0.5) is 4.39 Å². The fraction of sp³-hybridized carbons (Fsp3) is 0.612. The number of ether oxygens (including phenoxy) is 3. The number of aryl methyl sites for hydroxylation is 2. The molecular formula is C67H94FN13O14S. The van der Waals surface area contributed by atoms with Crippen molar-refractivity contribution in [1.82, 2.24) is 60.1 Å². The summed E-state index contributed by atoms with van der Waals surface area (Å²) in [7, 11) is 0. The molecule has 96 heavy (non-hydrogen) atoms. The molecule has 0 radical (unpaired) electrons. The molecule has 3 aromatic rings. The molecule has 5 atom stereocenters. The summed E-state index contributed by atoms with van der Waals surface area (Å²) in [5.74, 6) is -3.18. The average Bonchev–Trinajstić information content (AvgIpc) is 1.02. The number of carbonyl (C=O) groups excluding carboxylic acids is 9. The van der Waals surface area contributed by atoms with Gasteiger partial charge in [0, 0.05) is 134 Å². The molecule has 27 nitrogen and oxygen atoms in total. The van der Waals surface area contributed by atoms with E-state index in [0.717, 1.165) is 30.7 Å². The van der Waals surface area contributed by atoms with Crippen LogP contribution in [0, 0.1) is 24.2 Å². The smallest absolute Gasteiger partial charge is 0.317 e. The molecule has 7 rings (SSSR count). The van der Waals surface area contributed by atoms with Gasteiger partial charge in [-0.3, -0.25) is 82.3 Å². The predicted octanol–water partition coefficient (Wildman–Crippen LogP) is 2.29. The molecule has 4 aliphatic heterocycles. The highest BCUT2D eigenvalue weighted by molar-refractivity contribution is 8.00. The van der Waals surface area contributed by atoms with Crippen molar-refractivity contribution in [3.05, 3.63) is 71.4 Å². The Bertz CT molecular complexity index is 3150. The number of nitrogens with one attached hydrogen (secondary N) is 3. The van der Waals surface area contributed by atoms with Gasteiger partial charge in [-0.25, -0.2) is 4.39 Å². The zero-order valence-electron chi connectivity index (χ0n) is 55.5. The lowest BCUT2D eigenvalue weighted by Crippen LogP contribution is -2.51. The predicted molar refractivity (Wildman–Crippen MR) is 354 cm³/mol. The minimum atomic E-state index is -1.68. The number of carbonyl (C=O) groups is 10. The fourth-order valence-corrected chi connectivity index (χ4v) is 13.5. The molecule has 4 unspecified atom stereocenters. The van der Waals surface area contributed by atoms with Gasteiger partial charge in [0.05, 0.1) is 61.1 Å². The van der Waals surface area contributed by atoms with Crippen LogP contribution >= 0.6 is 11.8 Å². The number of thioether (sulfide) groups is 1. The minimum absolute atomic E-state index is 0.00594. The van der Waals surface area contributed by atoms with Crippen LogP contribution in [0.15, 0.2) is 54.7 Å². The first-order valence-electron chi connectivity index (χ1n) is 33.2. The molecular weight excluding hydrogens is 1260 g/mol. The van der Waals surface area contributed by atoms with E-state index in [0.29, 0.717) is 159 Å². The van der Waals surface area contributed by atoms with Gasteiger partial charge in [0.15, 0.2) is 0 Å². The van der Waals surface area contributed by atoms with Crippen molar-refractivity contribution in [3.63, 3.8) is 0 Å². The number of nitrogens with zero attached hydrogens (tertiary/aromatic N) is 10. The number of rotatable bonds is 35. The third kappa shape index (κ3) is 24.6. The lowest BCUT2D eigenvalue weighted by molar-refractivity contribution is -0.143. The lowest BCUT2D eigenvalue weighted by Gasteiger charge is -2.36. The molecule has 4 aliphatic rings. The molecule has 0 aliphatic carbocycles. The van der Waals surface area contributed by atoms with Crippen molar-refractivity contribution < 1.29 is 71.7 Å². The van der Waals surface area contributed by atoms with Crippen LogP contribution in [-0.2, 0) is 59.0 Å². The molecule has 4 fully saturated rings. The number of aliphatic carboxylic acids is 1. The molecule has 7 amide bonds. The number of hydrogen-bond donors (Lipinski definition) is 4. The number of benzene rings is 2. The average molecular weight is 1360 g/mol. The van der Waals surface area contributed by atoms with Crippen LogP contribution in [0.25, 0.3) is 10.9 Å². The number of pyridine rings is 1. The third-order valence-electron chi connectivity index (χ3n) is 17.7. The van der Waals surface area contributed by atoms with Gasteiger partial charge in [-0.1, -0.05) is 36.8 Å². The van der Waals surface area contributed by atoms with E-state index in [2.05, 4.69) is 50.1 Å². The van der Waals surface area contributed by atoms with E-state index < -0.39 is 53.2 Å². The van der Waals surface area contributed by atoms with Gasteiger partial charge in [-0.05, 0) is 95.2 Å². The van der Waals surface area contributed by atoms with E-state index in [1.807, 2.05) is 27.7 Å². The highest BCUT2D eigenvalue weighted by Crippen LogP contribution is 2.31. The first-order chi connectivity index (χ1) is 46.2. The van der Waals surface area contributed by atoms with Gasteiger partial charge in [0.25, 0.3) is 18.9 Å². The Morgan fingerprint density at radius 2 is 1.47 bits per heavy atom. The Labute approximate surface area is 565 Å². The van der Waals surface area contributed by atoms with Crippen molar-refractivity contribution in [2.75, 3.05) is 150 Å². The van der Waals surface area contributed by atoms with Crippen LogP contribution < -0.4 is 20.7 Å². The second kappa shape index (κ2) is 38.8. The van der Waals surface area contributed by atoms with Crippen molar-refractivity contribution in [2.45, 2.75) is 108 Å². The van der Waals surface area contributed by atoms with Gasteiger partial charge in [-0.2, -0.15) is 5.26 Å². The topological polar surface area (TPSA) is 317 Å². The van der Waals surface area contributed by atoms with Crippen molar-refractivity contribution in [2.24, 2.45) is 5.92 Å². The summed E-state index contributed by atoms with van der Waals surface area (Å²) in [6.07, 6.45) is 6.52. The monoisotopic (exact) mass is 1360 g/mol. The number of nitriles is 1. The number of carboxylic acid groups (broad SMARTS) is 1. The quantitative estimate of drug-likeness (QED) is 0.0373. The number of unbranched alkanes of at least 4 members (excludes halogenated alkanes) is 2. The summed E-state index contributed by atoms with van der Waals surface area (Å²) in [5.41, 5.74) is 1.49. The summed E-state index contributed by atoms with van der Waals surface area (Å²) in [5, 5.41) is 27.8. The van der Waals surface area contributed by atoms with Crippen LogP contribution in [0.5, 0.6) is 5.75 Å². The van der Waals surface area contributed by atoms with Crippen molar-refractivity contribution in [1.29, 1.82) is 5.26 Å². The number of halogens is 1. The fourth-order valence-electron chi connectivity index (χ4n) is 12.2. The Kier molecular flexibility index (Phi) is 30.5. The number of fused-ring (bicyclic) bond motifs is 1. The maximum atomic E-state index is 14.6. The number of alkyl halides is 1. The minimum Gasteiger partial charge on any atom is -0.494 e. The molecule has 0 bridgehead atoms. The van der Waals surface area contributed by atoms with E-state index in [4.69, 9.17) is 14.2 Å². The number of piperazine rings is 1. The van der Waals surface area contributed by atoms with Gasteiger partial charge < -0.3 is 45.1 Å². The number of aromatic nitrogens is 1. The molecule has 524 valence electrons. The molecule has 1 aromatic heterocycles. The van der Waals surface area contributed by atoms with Gasteiger partial charge in [0.1, 0.15) is 30.9 Å². The SMILES string of the molecule is Cc1ccc(CCCC(=O)NCCCCC(CSC2CC(=O)N(CC(C)C(=O)N3CCN(CCCCOc4ccc5nccc(C(=O)NCC(=O)N6CC(C)(F)C[C@@H]6C#N)c5c4)CC3)C2=O)NC(=O)CN2CCN(COC=O)CCN(COC=O)CCN(CC(=O)O)CC2)cc1. The van der Waals surface area contributed by atoms with E-state index in [-0.39, 0.29) is 87.6 Å². The van der Waals surface area contributed by atoms with Crippen LogP contribution in [0.2, 0.25) is 0 Å². The van der Waals surface area contributed by atoms with Gasteiger partial charge >= 0.3 is 5.97 Å². The zero-order chi connectivity index (χ0) is 69.0. The Hall–Kier alpha value is -7.88. The Morgan fingerprint density at radius 3 is 2.12 bits per heavy atom. The molecule has 0 saturated carbocycles. The first kappa shape index (κ1) is 75.5. The number of likely N-dealkylation sites (tertiary alicyclic amines) is 2. The highest BCUT2D eigenvalue weighted by atomic mass is 32.2. The molecule has 4 saturated heterocycles. The van der Waals surface area contributed by atoms with E-state index >= 15 is 0 Å². The molecule has 2 aromatic carbocycles. The number of hydrogen-bond acceptors (Lipinski definition) is 21. The largest absolute Gasteiger partial charge is 0.494 e. The van der Waals surface area contributed by atoms with Crippen molar-refractivity contribution in [3.8, 4) is 11.8 Å². The van der Waals surface area contributed by atoms with Crippen LogP contribution in [0.3, 0.4) is 0 Å².